The van der Waals surface area contributed by atoms with Crippen LogP contribution in [0.1, 0.15) is 24.8 Å². The molecular formula is C29H37N5O4S. The first-order chi connectivity index (χ1) is 18.8. The van der Waals surface area contributed by atoms with Crippen molar-refractivity contribution < 1.29 is 18.0 Å². The van der Waals surface area contributed by atoms with E-state index >= 15 is 0 Å². The second-order valence-corrected chi connectivity index (χ2v) is 12.0. The second kappa shape index (κ2) is 13.5. The molecule has 1 aliphatic rings. The van der Waals surface area contributed by atoms with Gasteiger partial charge in [-0.15, -0.1) is 0 Å². The van der Waals surface area contributed by atoms with Gasteiger partial charge in [0.15, 0.2) is 0 Å². The highest BCUT2D eigenvalue weighted by Gasteiger charge is 2.18. The zero-order valence-electron chi connectivity index (χ0n) is 22.8. The Morgan fingerprint density at radius 2 is 1.79 bits per heavy atom. The van der Waals surface area contributed by atoms with Gasteiger partial charge in [0.1, 0.15) is 34.3 Å². The standard InChI is InChI=1S/C29H37N5O4S/c1-33(17-18-39(3,35)36)16-8-7-11-25-19-27-28(20-34(25)37-2)30-22-31-29(27)32-24-12-14-26(15-13-24)38-21-23-9-5-4-6-10-23/h4-6,9-10,12-15,19-20,22,25H,7-8,11,16-18,21H2,1-3H3,(H,30,31,32). The number of ether oxygens (including phenoxy) is 1. The Kier molecular flexibility index (Phi) is 9.91. The van der Waals surface area contributed by atoms with Crippen molar-refractivity contribution in [3.8, 4) is 5.75 Å². The largest absolute Gasteiger partial charge is 0.489 e. The third-order valence-electron chi connectivity index (χ3n) is 6.56. The predicted octanol–water partition coefficient (Wildman–Crippen LogP) is 2.71. The number of nitrogens with zero attached hydrogens (tertiary/aromatic N) is 4. The summed E-state index contributed by atoms with van der Waals surface area (Å²) < 4.78 is 28.7. The molecular weight excluding hydrogens is 514 g/mol. The van der Waals surface area contributed by atoms with E-state index in [-0.39, 0.29) is 11.8 Å². The normalized spacial score (nSPS) is 14.9. The Hall–Kier alpha value is -3.47. The number of fused-ring (bicyclic) bond motifs is 1. The van der Waals surface area contributed by atoms with E-state index in [4.69, 9.17) is 9.57 Å². The zero-order chi connectivity index (χ0) is 27.7. The summed E-state index contributed by atoms with van der Waals surface area (Å²) >= 11 is 0. The van der Waals surface area contributed by atoms with Crippen LogP contribution in [0.3, 0.4) is 0 Å². The van der Waals surface area contributed by atoms with Gasteiger partial charge in [-0.05, 0) is 68.8 Å². The van der Waals surface area contributed by atoms with Crippen LogP contribution in [-0.4, -0.2) is 73.6 Å². The minimum Gasteiger partial charge on any atom is -0.489 e. The number of anilines is 2. The lowest BCUT2D eigenvalue weighted by Crippen LogP contribution is -2.43. The van der Waals surface area contributed by atoms with E-state index in [0.29, 0.717) is 13.2 Å². The van der Waals surface area contributed by atoms with Gasteiger partial charge in [0.25, 0.3) is 0 Å². The number of hydrogen-bond donors (Lipinski definition) is 1. The van der Waals surface area contributed by atoms with E-state index in [1.165, 1.54) is 6.26 Å². The molecule has 0 saturated carbocycles. The summed E-state index contributed by atoms with van der Waals surface area (Å²) in [6.07, 6.45) is 9.68. The lowest BCUT2D eigenvalue weighted by Gasteiger charge is -2.28. The first-order valence-corrected chi connectivity index (χ1v) is 15.1. The molecule has 9 nitrogen and oxygen atoms in total. The maximum absolute atomic E-state index is 11.4. The van der Waals surface area contributed by atoms with Gasteiger partial charge in [0.2, 0.25) is 0 Å². The van der Waals surface area contributed by atoms with Crippen LogP contribution < -0.4 is 20.6 Å². The van der Waals surface area contributed by atoms with E-state index in [2.05, 4.69) is 26.3 Å². The van der Waals surface area contributed by atoms with Gasteiger partial charge in [-0.1, -0.05) is 30.3 Å². The zero-order valence-corrected chi connectivity index (χ0v) is 23.6. The molecule has 3 aromatic rings. The fourth-order valence-corrected chi connectivity index (χ4v) is 4.98. The van der Waals surface area contributed by atoms with Crippen LogP contribution in [-0.2, 0) is 21.3 Å². The second-order valence-electron chi connectivity index (χ2n) is 9.78. The molecule has 0 saturated heterocycles. The van der Waals surface area contributed by atoms with E-state index < -0.39 is 9.84 Å². The highest BCUT2D eigenvalue weighted by Crippen LogP contribution is 2.19. The van der Waals surface area contributed by atoms with Gasteiger partial charge in [-0.2, -0.15) is 0 Å². The minimum absolute atomic E-state index is 0.0316. The molecule has 0 bridgehead atoms. The average molecular weight is 552 g/mol. The monoisotopic (exact) mass is 551 g/mol. The number of hydrogen-bond acceptors (Lipinski definition) is 9. The number of sulfone groups is 1. The summed E-state index contributed by atoms with van der Waals surface area (Å²) in [5.41, 5.74) is 2.02. The Morgan fingerprint density at radius 1 is 1.03 bits per heavy atom. The van der Waals surface area contributed by atoms with Crippen molar-refractivity contribution in [3.63, 3.8) is 0 Å². The molecule has 4 rings (SSSR count). The molecule has 0 fully saturated rings. The molecule has 39 heavy (non-hydrogen) atoms. The van der Waals surface area contributed by atoms with Crippen LogP contribution >= 0.6 is 0 Å². The number of hydroxylamine groups is 2. The van der Waals surface area contributed by atoms with Crippen LogP contribution in [0, 0.1) is 0 Å². The van der Waals surface area contributed by atoms with Crippen molar-refractivity contribution in [2.75, 3.05) is 44.6 Å². The first kappa shape index (κ1) is 28.5. The summed E-state index contributed by atoms with van der Waals surface area (Å²) in [7, 11) is 0.668. The number of rotatable bonds is 14. The van der Waals surface area contributed by atoms with Gasteiger partial charge in [0, 0.05) is 23.7 Å². The highest BCUT2D eigenvalue weighted by molar-refractivity contribution is 7.90. The first-order valence-electron chi connectivity index (χ1n) is 13.1. The lowest BCUT2D eigenvalue weighted by atomic mass is 10.1. The van der Waals surface area contributed by atoms with Crippen molar-refractivity contribution in [3.05, 3.63) is 77.1 Å². The Bertz CT molecular complexity index is 1430. The van der Waals surface area contributed by atoms with Gasteiger partial charge in [-0.3, -0.25) is 9.90 Å². The smallest absolute Gasteiger partial charge is 0.148 e. The van der Waals surface area contributed by atoms with E-state index in [1.54, 1.807) is 13.4 Å². The molecule has 1 atom stereocenters. The molecule has 0 amide bonds. The fourth-order valence-electron chi connectivity index (χ4n) is 4.34. The van der Waals surface area contributed by atoms with Crippen LogP contribution in [0.2, 0.25) is 0 Å². The fraction of sp³-hybridized carbons (Fsp3) is 0.379. The molecule has 2 aromatic carbocycles. The van der Waals surface area contributed by atoms with Gasteiger partial charge in [0.05, 0.1) is 30.5 Å². The van der Waals surface area contributed by atoms with E-state index in [9.17, 15) is 8.42 Å². The van der Waals surface area contributed by atoms with E-state index in [0.717, 1.165) is 59.2 Å². The Labute approximate surface area is 230 Å². The summed E-state index contributed by atoms with van der Waals surface area (Å²) in [6.45, 7) is 1.91. The van der Waals surface area contributed by atoms with E-state index in [1.807, 2.05) is 72.9 Å². The maximum Gasteiger partial charge on any atom is 0.148 e. The molecule has 1 unspecified atom stereocenters. The lowest BCUT2D eigenvalue weighted by molar-refractivity contribution is -0.0891. The van der Waals surface area contributed by atoms with Crippen LogP contribution in [0.15, 0.2) is 60.9 Å². The van der Waals surface area contributed by atoms with Crippen LogP contribution in [0.4, 0.5) is 11.5 Å². The highest BCUT2D eigenvalue weighted by atomic mass is 32.2. The number of unbranched alkanes of at least 4 members (excludes halogenated alkanes) is 1. The summed E-state index contributed by atoms with van der Waals surface area (Å²) in [5, 5.41) is 6.97. The van der Waals surface area contributed by atoms with Gasteiger partial charge < -0.3 is 15.0 Å². The van der Waals surface area contributed by atoms with Crippen LogP contribution in [0.25, 0.3) is 12.3 Å². The molecule has 1 N–H and O–H groups in total. The Balaban J connectivity index is 1.37. The van der Waals surface area contributed by atoms with Crippen molar-refractivity contribution >= 4 is 33.6 Å². The van der Waals surface area contributed by atoms with Crippen molar-refractivity contribution in [2.24, 2.45) is 0 Å². The van der Waals surface area contributed by atoms with Gasteiger partial charge in [-0.25, -0.2) is 18.4 Å². The molecule has 0 spiro atoms. The topological polar surface area (TPSA) is 96.9 Å². The molecule has 1 aromatic heterocycles. The predicted molar refractivity (Wildman–Crippen MR) is 154 cm³/mol. The number of nitrogens with one attached hydrogen (secondary N) is 1. The van der Waals surface area contributed by atoms with Crippen LogP contribution in [0.5, 0.6) is 5.75 Å². The van der Waals surface area contributed by atoms with Crippen molar-refractivity contribution in [1.82, 2.24) is 19.9 Å². The Morgan fingerprint density at radius 3 is 2.51 bits per heavy atom. The molecule has 208 valence electrons. The number of benzene rings is 2. The third-order valence-corrected chi connectivity index (χ3v) is 7.48. The molecule has 10 heteroatoms. The summed E-state index contributed by atoms with van der Waals surface area (Å²) in [5.74, 6) is 1.71. The average Bonchev–Trinajstić information content (AvgIpc) is 2.94. The minimum atomic E-state index is -2.95. The maximum atomic E-state index is 11.4. The van der Waals surface area contributed by atoms with Crippen molar-refractivity contribution in [1.29, 1.82) is 0 Å². The molecule has 0 aliphatic carbocycles. The molecule has 0 radical (unpaired) electrons. The summed E-state index contributed by atoms with van der Waals surface area (Å²) in [6, 6.07) is 17.9. The molecule has 2 heterocycles. The SMILES string of the molecule is CON1C=c2ncnc(Nc3ccc(OCc4ccccc4)cc3)c2=CC1CCCCN(C)CCS(C)(=O)=O. The summed E-state index contributed by atoms with van der Waals surface area (Å²) in [4.78, 5) is 16.6. The van der Waals surface area contributed by atoms with Crippen molar-refractivity contribution in [2.45, 2.75) is 31.9 Å². The van der Waals surface area contributed by atoms with Gasteiger partial charge >= 0.3 is 0 Å². The third kappa shape index (κ3) is 8.77. The number of aromatic nitrogens is 2. The quantitative estimate of drug-likeness (QED) is 0.303. The molecule has 1 aliphatic heterocycles.